The van der Waals surface area contributed by atoms with Crippen molar-refractivity contribution in [2.45, 2.75) is 6.92 Å². The second-order valence-corrected chi connectivity index (χ2v) is 3.17. The molecule has 0 aliphatic heterocycles. The average Bonchev–Trinajstić information content (AvgIpc) is 2.27. The molecule has 0 aliphatic rings. The summed E-state index contributed by atoms with van der Waals surface area (Å²) in [5.74, 6) is 0.266. The molecule has 0 saturated carbocycles. The van der Waals surface area contributed by atoms with Crippen LogP contribution in [0.2, 0.25) is 0 Å². The topological polar surface area (TPSA) is 67.4 Å². The fourth-order valence-corrected chi connectivity index (χ4v) is 1.06. The number of rotatable bonds is 4. The third-order valence-corrected chi connectivity index (χ3v) is 1.82. The first-order valence-electron chi connectivity index (χ1n) is 4.83. The summed E-state index contributed by atoms with van der Waals surface area (Å²) in [6, 6.07) is 6.80. The molecule has 0 heterocycles. The molecule has 0 bridgehead atoms. The van der Waals surface area contributed by atoms with Crippen LogP contribution in [-0.4, -0.2) is 25.5 Å². The van der Waals surface area contributed by atoms with Crippen molar-refractivity contribution >= 4 is 17.5 Å². The molecule has 2 amide bonds. The van der Waals surface area contributed by atoms with E-state index in [1.165, 1.54) is 6.92 Å². The molecule has 5 nitrogen and oxygen atoms in total. The maximum absolute atomic E-state index is 10.9. The summed E-state index contributed by atoms with van der Waals surface area (Å²) in [5.41, 5.74) is 0.694. The minimum Gasteiger partial charge on any atom is -0.484 e. The van der Waals surface area contributed by atoms with Crippen molar-refractivity contribution in [3.63, 3.8) is 0 Å². The van der Waals surface area contributed by atoms with Crippen molar-refractivity contribution in [2.75, 3.05) is 19.0 Å². The van der Waals surface area contributed by atoms with Gasteiger partial charge in [0.2, 0.25) is 5.91 Å². The number of benzene rings is 1. The van der Waals surface area contributed by atoms with E-state index in [0.717, 1.165) is 0 Å². The van der Waals surface area contributed by atoms with E-state index in [1.54, 1.807) is 31.3 Å². The Kier molecular flexibility index (Phi) is 4.32. The van der Waals surface area contributed by atoms with Crippen LogP contribution < -0.4 is 15.4 Å². The first-order valence-corrected chi connectivity index (χ1v) is 4.83. The molecule has 2 N–H and O–H groups in total. The Morgan fingerprint density at radius 1 is 1.25 bits per heavy atom. The van der Waals surface area contributed by atoms with E-state index in [9.17, 15) is 9.59 Å². The van der Waals surface area contributed by atoms with Crippen molar-refractivity contribution in [3.8, 4) is 5.75 Å². The Balaban J connectivity index is 2.51. The van der Waals surface area contributed by atoms with E-state index in [2.05, 4.69) is 10.6 Å². The number of hydrogen-bond donors (Lipinski definition) is 2. The summed E-state index contributed by atoms with van der Waals surface area (Å²) in [5, 5.41) is 5.09. The first-order chi connectivity index (χ1) is 7.61. The maximum Gasteiger partial charge on any atom is 0.257 e. The molecule has 86 valence electrons. The highest BCUT2D eigenvalue weighted by molar-refractivity contribution is 5.88. The van der Waals surface area contributed by atoms with E-state index < -0.39 is 0 Å². The molecule has 0 atom stereocenters. The second kappa shape index (κ2) is 5.75. The quantitative estimate of drug-likeness (QED) is 0.790. The van der Waals surface area contributed by atoms with E-state index >= 15 is 0 Å². The van der Waals surface area contributed by atoms with Crippen LogP contribution in [0.3, 0.4) is 0 Å². The summed E-state index contributed by atoms with van der Waals surface area (Å²) < 4.78 is 5.19. The molecule has 1 aromatic rings. The van der Waals surface area contributed by atoms with Gasteiger partial charge in [0, 0.05) is 19.7 Å². The van der Waals surface area contributed by atoms with Gasteiger partial charge in [-0.15, -0.1) is 0 Å². The van der Waals surface area contributed by atoms with Gasteiger partial charge in [-0.1, -0.05) is 0 Å². The molecule has 0 aliphatic carbocycles. The molecule has 0 fully saturated rings. The lowest BCUT2D eigenvalue weighted by Crippen LogP contribution is -2.24. The lowest BCUT2D eigenvalue weighted by atomic mass is 10.3. The van der Waals surface area contributed by atoms with Gasteiger partial charge in [-0.05, 0) is 24.3 Å². The predicted molar refractivity (Wildman–Crippen MR) is 60.3 cm³/mol. The average molecular weight is 222 g/mol. The highest BCUT2D eigenvalue weighted by atomic mass is 16.5. The fourth-order valence-electron chi connectivity index (χ4n) is 1.06. The Hall–Kier alpha value is -2.04. The third-order valence-electron chi connectivity index (χ3n) is 1.82. The third kappa shape index (κ3) is 4.00. The van der Waals surface area contributed by atoms with E-state index in [0.29, 0.717) is 11.4 Å². The van der Waals surface area contributed by atoms with Crippen LogP contribution in [0.15, 0.2) is 24.3 Å². The smallest absolute Gasteiger partial charge is 0.257 e. The summed E-state index contributed by atoms with van der Waals surface area (Å²) in [6.07, 6.45) is 0. The van der Waals surface area contributed by atoms with Crippen LogP contribution in [0.4, 0.5) is 5.69 Å². The normalized spacial score (nSPS) is 9.38. The van der Waals surface area contributed by atoms with Gasteiger partial charge in [-0.2, -0.15) is 0 Å². The van der Waals surface area contributed by atoms with E-state index in [-0.39, 0.29) is 18.4 Å². The molecule has 16 heavy (non-hydrogen) atoms. The van der Waals surface area contributed by atoms with Gasteiger partial charge in [0.15, 0.2) is 6.61 Å². The maximum atomic E-state index is 10.9. The summed E-state index contributed by atoms with van der Waals surface area (Å²) in [4.78, 5) is 21.7. The van der Waals surface area contributed by atoms with Crippen LogP contribution in [0.25, 0.3) is 0 Å². The number of anilines is 1. The van der Waals surface area contributed by atoms with Gasteiger partial charge in [-0.3, -0.25) is 9.59 Å². The molecule has 0 unspecified atom stereocenters. The van der Waals surface area contributed by atoms with Gasteiger partial charge < -0.3 is 15.4 Å². The highest BCUT2D eigenvalue weighted by Gasteiger charge is 2.00. The Morgan fingerprint density at radius 2 is 1.88 bits per heavy atom. The van der Waals surface area contributed by atoms with Crippen LogP contribution in [0, 0.1) is 0 Å². The minimum absolute atomic E-state index is 0.0179. The summed E-state index contributed by atoms with van der Waals surface area (Å²) >= 11 is 0. The molecule has 1 rings (SSSR count). The highest BCUT2D eigenvalue weighted by Crippen LogP contribution is 2.15. The SMILES string of the molecule is CNC(=O)COc1ccc(NC(C)=O)cc1. The van der Waals surface area contributed by atoms with Crippen LogP contribution in [0.1, 0.15) is 6.92 Å². The Bertz CT molecular complexity index is 373. The van der Waals surface area contributed by atoms with Crippen LogP contribution >= 0.6 is 0 Å². The van der Waals surface area contributed by atoms with Gasteiger partial charge in [-0.25, -0.2) is 0 Å². The number of likely N-dealkylation sites (N-methyl/N-ethyl adjacent to an activating group) is 1. The Labute approximate surface area is 93.8 Å². The van der Waals surface area contributed by atoms with Crippen LogP contribution in [-0.2, 0) is 9.59 Å². The number of hydrogen-bond acceptors (Lipinski definition) is 3. The number of carbonyl (C=O) groups is 2. The zero-order valence-electron chi connectivity index (χ0n) is 9.24. The molecule has 0 radical (unpaired) electrons. The molecule has 5 heteroatoms. The minimum atomic E-state index is -0.189. The number of nitrogens with one attached hydrogen (secondary N) is 2. The van der Waals surface area contributed by atoms with E-state index in [4.69, 9.17) is 4.74 Å². The molecule has 0 spiro atoms. The Morgan fingerprint density at radius 3 is 2.38 bits per heavy atom. The van der Waals surface area contributed by atoms with Crippen molar-refractivity contribution < 1.29 is 14.3 Å². The van der Waals surface area contributed by atoms with Crippen molar-refractivity contribution in [1.29, 1.82) is 0 Å². The van der Waals surface area contributed by atoms with Gasteiger partial charge >= 0.3 is 0 Å². The van der Waals surface area contributed by atoms with Crippen molar-refractivity contribution in [2.24, 2.45) is 0 Å². The lowest BCUT2D eigenvalue weighted by Gasteiger charge is -2.06. The predicted octanol–water partition coefficient (Wildman–Crippen LogP) is 0.770. The molecular weight excluding hydrogens is 208 g/mol. The van der Waals surface area contributed by atoms with Gasteiger partial charge in [0.1, 0.15) is 5.75 Å². The summed E-state index contributed by atoms with van der Waals surface area (Å²) in [6.45, 7) is 1.42. The largest absolute Gasteiger partial charge is 0.484 e. The zero-order valence-corrected chi connectivity index (χ0v) is 9.24. The molecular formula is C11H14N2O3. The van der Waals surface area contributed by atoms with Crippen LogP contribution in [0.5, 0.6) is 5.75 Å². The molecule has 0 aromatic heterocycles. The van der Waals surface area contributed by atoms with E-state index in [1.807, 2.05) is 0 Å². The summed E-state index contributed by atoms with van der Waals surface area (Å²) in [7, 11) is 1.55. The zero-order chi connectivity index (χ0) is 12.0. The number of carbonyl (C=O) groups excluding carboxylic acids is 2. The second-order valence-electron chi connectivity index (χ2n) is 3.17. The standard InChI is InChI=1S/C11H14N2O3/c1-8(14)13-9-3-5-10(6-4-9)16-7-11(15)12-2/h3-6H,7H2,1-2H3,(H,12,15)(H,13,14). The fraction of sp³-hybridized carbons (Fsp3) is 0.273. The lowest BCUT2D eigenvalue weighted by molar-refractivity contribution is -0.122. The number of amides is 2. The molecule has 1 aromatic carbocycles. The van der Waals surface area contributed by atoms with Gasteiger partial charge in [0.05, 0.1) is 0 Å². The monoisotopic (exact) mass is 222 g/mol. The number of ether oxygens (including phenoxy) is 1. The molecule has 0 saturated heterocycles. The van der Waals surface area contributed by atoms with Crippen molar-refractivity contribution in [1.82, 2.24) is 5.32 Å². The van der Waals surface area contributed by atoms with Crippen molar-refractivity contribution in [3.05, 3.63) is 24.3 Å². The van der Waals surface area contributed by atoms with Gasteiger partial charge in [0.25, 0.3) is 5.91 Å². The first kappa shape index (κ1) is 12.0.